The number of carbonyl (C=O) groups excluding carboxylic acids is 1. The number of aromatic nitrogens is 2. The highest BCUT2D eigenvalue weighted by Crippen LogP contribution is 2.23. The third-order valence-electron chi connectivity index (χ3n) is 4.64. The predicted molar refractivity (Wildman–Crippen MR) is 111 cm³/mol. The summed E-state index contributed by atoms with van der Waals surface area (Å²) in [5, 5.41) is 2.97. The zero-order valence-electron chi connectivity index (χ0n) is 15.8. The first-order chi connectivity index (χ1) is 13.6. The summed E-state index contributed by atoms with van der Waals surface area (Å²) in [6.07, 6.45) is 4.29. The number of imidazole rings is 1. The van der Waals surface area contributed by atoms with Gasteiger partial charge in [0, 0.05) is 23.6 Å². The van der Waals surface area contributed by atoms with Gasteiger partial charge in [-0.15, -0.1) is 0 Å². The van der Waals surface area contributed by atoms with Crippen molar-refractivity contribution in [3.05, 3.63) is 84.2 Å². The minimum absolute atomic E-state index is 0.0619. The van der Waals surface area contributed by atoms with Gasteiger partial charge >= 0.3 is 0 Å². The number of methoxy groups -OCH3 is 1. The van der Waals surface area contributed by atoms with Crippen molar-refractivity contribution in [3.8, 4) is 17.0 Å². The van der Waals surface area contributed by atoms with Crippen molar-refractivity contribution >= 4 is 17.2 Å². The summed E-state index contributed by atoms with van der Waals surface area (Å²) in [6.45, 7) is 2.04. The van der Waals surface area contributed by atoms with Crippen molar-refractivity contribution in [2.24, 2.45) is 0 Å². The van der Waals surface area contributed by atoms with E-state index in [0.29, 0.717) is 6.42 Å². The standard InChI is InChI=1S/C23H21N3O2/c1-16-5-4-12-26-15-21(25-23(16)26)18-6-3-7-19(14-18)24-22(27)13-17-8-10-20(28-2)11-9-17/h3-12,14-15H,13H2,1-2H3,(H,24,27). The van der Waals surface area contributed by atoms with E-state index in [9.17, 15) is 4.79 Å². The van der Waals surface area contributed by atoms with Gasteiger partial charge in [-0.2, -0.15) is 0 Å². The number of ether oxygens (including phenoxy) is 1. The first kappa shape index (κ1) is 17.8. The molecule has 0 bridgehead atoms. The smallest absolute Gasteiger partial charge is 0.228 e. The first-order valence-corrected chi connectivity index (χ1v) is 9.10. The van der Waals surface area contributed by atoms with Gasteiger partial charge in [-0.25, -0.2) is 4.98 Å². The fraction of sp³-hybridized carbons (Fsp3) is 0.130. The highest BCUT2D eigenvalue weighted by Gasteiger charge is 2.09. The molecule has 5 nitrogen and oxygen atoms in total. The molecule has 1 amide bonds. The van der Waals surface area contributed by atoms with Gasteiger partial charge in [0.2, 0.25) is 5.91 Å². The summed E-state index contributed by atoms with van der Waals surface area (Å²) in [7, 11) is 1.62. The zero-order chi connectivity index (χ0) is 19.5. The molecule has 0 unspecified atom stereocenters. The van der Waals surface area contributed by atoms with Crippen LogP contribution in [0.3, 0.4) is 0 Å². The Kier molecular flexibility index (Phi) is 4.81. The molecule has 4 rings (SSSR count). The van der Waals surface area contributed by atoms with Crippen LogP contribution in [0.2, 0.25) is 0 Å². The van der Waals surface area contributed by atoms with Gasteiger partial charge in [0.15, 0.2) is 0 Å². The zero-order valence-corrected chi connectivity index (χ0v) is 15.8. The second kappa shape index (κ2) is 7.56. The lowest BCUT2D eigenvalue weighted by molar-refractivity contribution is -0.115. The van der Waals surface area contributed by atoms with E-state index in [1.54, 1.807) is 7.11 Å². The van der Waals surface area contributed by atoms with E-state index in [1.807, 2.05) is 84.4 Å². The maximum atomic E-state index is 12.4. The lowest BCUT2D eigenvalue weighted by Gasteiger charge is -2.07. The average molecular weight is 371 g/mol. The van der Waals surface area contributed by atoms with E-state index in [2.05, 4.69) is 5.32 Å². The molecule has 0 saturated heterocycles. The minimum atomic E-state index is -0.0619. The molecule has 0 aliphatic carbocycles. The molecule has 2 aromatic heterocycles. The van der Waals surface area contributed by atoms with Gasteiger partial charge in [0.05, 0.1) is 19.2 Å². The Morgan fingerprint density at radius 3 is 2.68 bits per heavy atom. The van der Waals surface area contributed by atoms with Crippen LogP contribution in [0, 0.1) is 6.92 Å². The van der Waals surface area contributed by atoms with Crippen molar-refractivity contribution in [1.82, 2.24) is 9.38 Å². The Bertz CT molecular complexity index is 1130. The summed E-state index contributed by atoms with van der Waals surface area (Å²) in [4.78, 5) is 17.1. The van der Waals surface area contributed by atoms with Gasteiger partial charge in [-0.3, -0.25) is 4.79 Å². The number of benzene rings is 2. The van der Waals surface area contributed by atoms with E-state index in [-0.39, 0.29) is 5.91 Å². The summed E-state index contributed by atoms with van der Waals surface area (Å²) >= 11 is 0. The fourth-order valence-corrected chi connectivity index (χ4v) is 3.18. The number of nitrogens with zero attached hydrogens (tertiary/aromatic N) is 2. The number of hydrogen-bond donors (Lipinski definition) is 1. The van der Waals surface area contributed by atoms with Crippen molar-refractivity contribution in [2.75, 3.05) is 12.4 Å². The topological polar surface area (TPSA) is 55.6 Å². The molecule has 0 atom stereocenters. The second-order valence-electron chi connectivity index (χ2n) is 6.70. The molecule has 4 aromatic rings. The van der Waals surface area contributed by atoms with Gasteiger partial charge in [0.25, 0.3) is 0 Å². The van der Waals surface area contributed by atoms with E-state index < -0.39 is 0 Å². The number of rotatable bonds is 5. The highest BCUT2D eigenvalue weighted by atomic mass is 16.5. The lowest BCUT2D eigenvalue weighted by atomic mass is 10.1. The van der Waals surface area contributed by atoms with Crippen LogP contribution >= 0.6 is 0 Å². The molecule has 2 heterocycles. The molecule has 0 fully saturated rings. The number of nitrogens with one attached hydrogen (secondary N) is 1. The molecule has 0 spiro atoms. The lowest BCUT2D eigenvalue weighted by Crippen LogP contribution is -2.14. The largest absolute Gasteiger partial charge is 0.497 e. The van der Waals surface area contributed by atoms with Crippen molar-refractivity contribution in [3.63, 3.8) is 0 Å². The van der Waals surface area contributed by atoms with Crippen molar-refractivity contribution in [2.45, 2.75) is 13.3 Å². The molecule has 140 valence electrons. The molecule has 0 aliphatic heterocycles. The van der Waals surface area contributed by atoms with Crippen LogP contribution in [-0.4, -0.2) is 22.4 Å². The minimum Gasteiger partial charge on any atom is -0.497 e. The Labute approximate surface area is 163 Å². The van der Waals surface area contributed by atoms with E-state index in [1.165, 1.54) is 0 Å². The van der Waals surface area contributed by atoms with Gasteiger partial charge in [0.1, 0.15) is 11.4 Å². The summed E-state index contributed by atoms with van der Waals surface area (Å²) < 4.78 is 7.16. The Hall–Kier alpha value is -3.60. The van der Waals surface area contributed by atoms with E-state index >= 15 is 0 Å². The van der Waals surface area contributed by atoms with Crippen LogP contribution in [0.1, 0.15) is 11.1 Å². The highest BCUT2D eigenvalue weighted by molar-refractivity contribution is 5.93. The molecule has 0 saturated carbocycles. The summed E-state index contributed by atoms with van der Waals surface area (Å²) in [5.41, 5.74) is 5.59. The maximum Gasteiger partial charge on any atom is 0.228 e. The molecule has 1 N–H and O–H groups in total. The normalized spacial score (nSPS) is 10.8. The molecular formula is C23H21N3O2. The van der Waals surface area contributed by atoms with Crippen molar-refractivity contribution < 1.29 is 9.53 Å². The van der Waals surface area contributed by atoms with Gasteiger partial charge < -0.3 is 14.5 Å². The monoisotopic (exact) mass is 371 g/mol. The predicted octanol–water partition coefficient (Wildman–Crippen LogP) is 4.50. The number of anilines is 1. The third-order valence-corrected chi connectivity index (χ3v) is 4.64. The third kappa shape index (κ3) is 3.74. The maximum absolute atomic E-state index is 12.4. The summed E-state index contributed by atoms with van der Waals surface area (Å²) in [6, 6.07) is 19.3. The quantitative estimate of drug-likeness (QED) is 0.562. The first-order valence-electron chi connectivity index (χ1n) is 9.10. The van der Waals surface area contributed by atoms with E-state index in [4.69, 9.17) is 9.72 Å². The van der Waals surface area contributed by atoms with Crippen LogP contribution in [0.5, 0.6) is 5.75 Å². The Balaban J connectivity index is 1.51. The second-order valence-corrected chi connectivity index (χ2v) is 6.70. The molecular weight excluding hydrogens is 350 g/mol. The number of hydrogen-bond acceptors (Lipinski definition) is 3. The van der Waals surface area contributed by atoms with Crippen LogP contribution in [0.25, 0.3) is 16.9 Å². The Morgan fingerprint density at radius 2 is 1.93 bits per heavy atom. The van der Waals surface area contributed by atoms with E-state index in [0.717, 1.165) is 39.5 Å². The number of carbonyl (C=O) groups is 1. The molecule has 0 radical (unpaired) electrons. The Morgan fingerprint density at radius 1 is 1.11 bits per heavy atom. The van der Waals surface area contributed by atoms with Crippen LogP contribution in [0.4, 0.5) is 5.69 Å². The molecule has 0 aliphatic rings. The van der Waals surface area contributed by atoms with Gasteiger partial charge in [-0.1, -0.05) is 30.3 Å². The van der Waals surface area contributed by atoms with Gasteiger partial charge in [-0.05, 0) is 48.4 Å². The van der Waals surface area contributed by atoms with Crippen LogP contribution in [-0.2, 0) is 11.2 Å². The number of fused-ring (bicyclic) bond motifs is 1. The molecule has 5 heteroatoms. The molecule has 2 aromatic carbocycles. The summed E-state index contributed by atoms with van der Waals surface area (Å²) in [5.74, 6) is 0.715. The molecule has 28 heavy (non-hydrogen) atoms. The van der Waals surface area contributed by atoms with Crippen LogP contribution in [0.15, 0.2) is 73.1 Å². The number of aryl methyl sites for hydroxylation is 1. The number of pyridine rings is 1. The SMILES string of the molecule is COc1ccc(CC(=O)Nc2cccc(-c3cn4cccc(C)c4n3)c2)cc1. The number of amides is 1. The van der Waals surface area contributed by atoms with Crippen molar-refractivity contribution in [1.29, 1.82) is 0 Å². The average Bonchev–Trinajstić information content (AvgIpc) is 3.15. The van der Waals surface area contributed by atoms with Crippen LogP contribution < -0.4 is 10.1 Å². The fourth-order valence-electron chi connectivity index (χ4n) is 3.18.